The van der Waals surface area contributed by atoms with Crippen LogP contribution >= 0.6 is 0 Å². The van der Waals surface area contributed by atoms with Crippen LogP contribution in [0.4, 0.5) is 0 Å². The van der Waals surface area contributed by atoms with Crippen LogP contribution in [-0.4, -0.2) is 5.60 Å². The highest BCUT2D eigenvalue weighted by atomic mass is 16.5. The topological polar surface area (TPSA) is 9.23 Å². The highest BCUT2D eigenvalue weighted by molar-refractivity contribution is 5.93. The van der Waals surface area contributed by atoms with E-state index in [4.69, 9.17) is 4.74 Å². The van der Waals surface area contributed by atoms with E-state index < -0.39 is 0 Å². The fourth-order valence-electron chi connectivity index (χ4n) is 17.6. The number of hydrogen-bond donors (Lipinski definition) is 0. The van der Waals surface area contributed by atoms with Crippen LogP contribution in [0.25, 0.3) is 76.5 Å². The zero-order chi connectivity index (χ0) is 94.8. The molecule has 0 heterocycles. The number of rotatable bonds is 4. The molecule has 0 fully saturated rings. The minimum absolute atomic E-state index is 0. The average molecular weight is 1760 g/mol. The summed E-state index contributed by atoms with van der Waals surface area (Å²) in [6, 6.07) is 105. The van der Waals surface area contributed by atoms with E-state index in [1.54, 1.807) is 0 Å². The Kier molecular flexibility index (Phi) is 38.6. The predicted molar refractivity (Wildman–Crippen MR) is 594 cm³/mol. The summed E-state index contributed by atoms with van der Waals surface area (Å²) in [6.45, 7) is 85.9. The lowest BCUT2D eigenvalue weighted by atomic mass is 9.77. The van der Waals surface area contributed by atoms with Crippen LogP contribution in [0.3, 0.4) is 0 Å². The van der Waals surface area contributed by atoms with Gasteiger partial charge in [0.2, 0.25) is 0 Å². The van der Waals surface area contributed by atoms with Crippen molar-refractivity contribution < 1.29 is 4.74 Å². The summed E-state index contributed by atoms with van der Waals surface area (Å²) in [6.07, 6.45) is 0. The molecule has 0 bridgehead atoms. The summed E-state index contributed by atoms with van der Waals surface area (Å²) in [4.78, 5) is 0. The van der Waals surface area contributed by atoms with Crippen molar-refractivity contribution in [1.82, 2.24) is 0 Å². The molecular weight excluding hydrogens is 1580 g/mol. The first kappa shape index (κ1) is 113. The molecule has 0 unspecified atom stereocenters. The van der Waals surface area contributed by atoms with Crippen LogP contribution in [0.5, 0.6) is 5.75 Å². The second-order valence-corrected chi connectivity index (χ2v) is 47.6. The molecule has 704 valence electrons. The molecule has 1 nitrogen and oxygen atoms in total. The third kappa shape index (κ3) is 30.2. The van der Waals surface area contributed by atoms with E-state index in [0.717, 1.165) is 5.75 Å². The summed E-state index contributed by atoms with van der Waals surface area (Å²) in [5.41, 5.74) is 28.0. The molecule has 0 aromatic heterocycles. The molecule has 0 spiro atoms. The Morgan fingerprint density at radius 1 is 0.160 bits per heavy atom. The number of hydrogen-bond acceptors (Lipinski definition) is 1. The molecule has 14 rings (SSSR count). The number of ether oxygens (including phenoxy) is 1. The zero-order valence-corrected chi connectivity index (χ0v) is 86.1. The Labute approximate surface area is 803 Å². The van der Waals surface area contributed by atoms with Crippen LogP contribution in [-0.2, 0) is 59.6 Å². The number of aryl methyl sites for hydroxylation is 2. The van der Waals surface area contributed by atoms with Crippen LogP contribution in [0.15, 0.2) is 291 Å². The monoisotopic (exact) mass is 1760 g/mol. The Morgan fingerprint density at radius 3 is 0.550 bits per heavy atom. The molecule has 0 aliphatic rings. The molecule has 0 radical (unpaired) electrons. The molecule has 14 aromatic carbocycles. The summed E-state index contributed by atoms with van der Waals surface area (Å²) >= 11 is 0. The number of benzene rings is 14. The van der Waals surface area contributed by atoms with E-state index in [1.165, 1.54) is 149 Å². The lowest BCUT2D eigenvalue weighted by Gasteiger charge is -2.29. The van der Waals surface area contributed by atoms with E-state index in [9.17, 15) is 0 Å². The summed E-state index contributed by atoms with van der Waals surface area (Å²) in [7, 11) is 0. The molecular formula is C130H178O. The van der Waals surface area contributed by atoms with Crippen molar-refractivity contribution >= 4 is 43.1 Å². The van der Waals surface area contributed by atoms with Crippen molar-refractivity contribution in [1.29, 1.82) is 0 Å². The Morgan fingerprint density at radius 2 is 0.344 bits per heavy atom. The van der Waals surface area contributed by atoms with Crippen molar-refractivity contribution in [2.45, 2.75) is 358 Å². The lowest BCUT2D eigenvalue weighted by molar-refractivity contribution is 0.128. The third-order valence-electron chi connectivity index (χ3n) is 23.7. The third-order valence-corrected chi connectivity index (χ3v) is 23.7. The van der Waals surface area contributed by atoms with Gasteiger partial charge < -0.3 is 4.74 Å². The van der Waals surface area contributed by atoms with Gasteiger partial charge in [-0.25, -0.2) is 0 Å². The van der Waals surface area contributed by atoms with Gasteiger partial charge in [0.25, 0.3) is 0 Å². The second-order valence-electron chi connectivity index (χ2n) is 47.6. The highest BCUT2D eigenvalue weighted by Gasteiger charge is 2.31. The predicted octanol–water partition coefficient (Wildman–Crippen LogP) is 40.0. The summed E-state index contributed by atoms with van der Waals surface area (Å²) in [5.74, 6) is 0.999. The van der Waals surface area contributed by atoms with Crippen LogP contribution in [0.2, 0.25) is 0 Å². The maximum Gasteiger partial charge on any atom is 0.124 e. The fourth-order valence-corrected chi connectivity index (χ4v) is 17.6. The Balaban J connectivity index is 0.000000319. The van der Waals surface area contributed by atoms with Gasteiger partial charge in [-0.2, -0.15) is 0 Å². The average Bonchev–Trinajstić information content (AvgIpc) is 0.771. The Hall–Kier alpha value is -10.1. The highest BCUT2D eigenvalue weighted by Crippen LogP contribution is 2.46. The second kappa shape index (κ2) is 44.6. The van der Waals surface area contributed by atoms with Crippen molar-refractivity contribution in [2.24, 2.45) is 0 Å². The fraction of sp³-hybridized carbons (Fsp3) is 0.415. The minimum atomic E-state index is -0.178. The van der Waals surface area contributed by atoms with Crippen molar-refractivity contribution in [3.63, 3.8) is 0 Å². The van der Waals surface area contributed by atoms with E-state index in [-0.39, 0.29) is 94.9 Å². The molecule has 0 N–H and O–H groups in total. The van der Waals surface area contributed by atoms with Crippen LogP contribution in [0, 0.1) is 13.8 Å². The Bertz CT molecular complexity index is 5300. The van der Waals surface area contributed by atoms with E-state index in [2.05, 4.69) is 554 Å². The smallest absolute Gasteiger partial charge is 0.124 e. The van der Waals surface area contributed by atoms with Crippen LogP contribution in [0.1, 0.15) is 351 Å². The van der Waals surface area contributed by atoms with Crippen molar-refractivity contribution in [3.8, 4) is 39.1 Å². The van der Waals surface area contributed by atoms with E-state index >= 15 is 0 Å². The first-order valence-electron chi connectivity index (χ1n) is 46.8. The molecule has 0 saturated carbocycles. The SMILES string of the molecule is C.C.C.C.CC(C)(C)Oc1ccc2ccccc2c1C(C)(C)C.CC(C)(C)c1cccc2cccc(C(C)(C)C)c12.CC(C)(C)c1cccc2cccc(C(C)(C)C)c12.CC(C)(C)c1ccccc1-c1ccccc1C(C)(C)C.CC(C)(C)c1ccccc1-c1ccccc1C(C)(C)C.CC(C)(C)c1ccccc1-c1ccccc1C(C)(C)C.Cc1cccc2cccc(C)c12. The van der Waals surface area contributed by atoms with Gasteiger partial charge in [0.05, 0.1) is 0 Å². The molecule has 14 aromatic rings. The first-order chi connectivity index (χ1) is 58.5. The van der Waals surface area contributed by atoms with Gasteiger partial charge in [-0.1, -0.05) is 543 Å². The van der Waals surface area contributed by atoms with Gasteiger partial charge in [-0.3, -0.25) is 0 Å². The number of fused-ring (bicyclic) bond motifs is 4. The van der Waals surface area contributed by atoms with Crippen molar-refractivity contribution in [2.75, 3.05) is 0 Å². The molecule has 0 atom stereocenters. The van der Waals surface area contributed by atoms with Gasteiger partial charge in [0, 0.05) is 5.56 Å². The van der Waals surface area contributed by atoms with Crippen molar-refractivity contribution in [3.05, 3.63) is 364 Å². The molecule has 0 saturated heterocycles. The molecule has 0 amide bonds. The molecule has 1 heteroatoms. The van der Waals surface area contributed by atoms with Gasteiger partial charge >= 0.3 is 0 Å². The van der Waals surface area contributed by atoms with Gasteiger partial charge in [0.1, 0.15) is 11.4 Å². The van der Waals surface area contributed by atoms with Gasteiger partial charge in [0.15, 0.2) is 0 Å². The molecule has 131 heavy (non-hydrogen) atoms. The lowest BCUT2D eigenvalue weighted by Crippen LogP contribution is -2.25. The summed E-state index contributed by atoms with van der Waals surface area (Å²) < 4.78 is 6.17. The zero-order valence-electron chi connectivity index (χ0n) is 86.1. The normalized spacial score (nSPS) is 12.1. The van der Waals surface area contributed by atoms with Gasteiger partial charge in [-0.15, -0.1) is 0 Å². The molecule has 0 aliphatic carbocycles. The molecule has 0 aliphatic heterocycles. The van der Waals surface area contributed by atoms with E-state index in [0.29, 0.717) is 0 Å². The van der Waals surface area contributed by atoms with Crippen LogP contribution < -0.4 is 4.74 Å². The largest absolute Gasteiger partial charge is 0.488 e. The quantitative estimate of drug-likeness (QED) is 0.171. The van der Waals surface area contributed by atoms with E-state index in [1.807, 2.05) is 0 Å². The maximum atomic E-state index is 6.17. The summed E-state index contributed by atoms with van der Waals surface area (Å²) in [5, 5.41) is 10.9. The first-order valence-corrected chi connectivity index (χ1v) is 46.8. The maximum absolute atomic E-state index is 6.17. The van der Waals surface area contributed by atoms with Gasteiger partial charge in [-0.05, 0) is 243 Å². The standard InChI is InChI=1S/3C20H26.C18H24O.2C18H24.C12H12.4CH4/c3*1-19(2,3)17-13-9-7-11-15(17)16-12-8-10-14-18(16)20(4,5)6;1-17(2,3)16-14-10-8-7-9-13(14)11-12-15(16)19-18(4,5)6;2*1-17(2,3)14-11-7-9-13-10-8-12-15(16(13)14)18(4,5)6;1-9-5-3-7-11-8-4-6-10(2)12(9)11;;;;/h3*7-14H,1-6H3;7-12H,1-6H3;2*7-12H,1-6H3;3-8H,1-2H3;4*1H4. The minimum Gasteiger partial charge on any atom is -0.488 e.